The molecular formula is C20H26FNO4S. The molecule has 0 aliphatic heterocycles. The molecule has 0 bridgehead atoms. The van der Waals surface area contributed by atoms with Crippen LogP contribution in [0.1, 0.15) is 31.4 Å². The van der Waals surface area contributed by atoms with Gasteiger partial charge in [-0.2, -0.15) is 0 Å². The van der Waals surface area contributed by atoms with E-state index in [1.54, 1.807) is 44.2 Å². The number of methoxy groups -OCH3 is 1. The zero-order valence-corrected chi connectivity index (χ0v) is 16.9. The van der Waals surface area contributed by atoms with Crippen LogP contribution in [0.15, 0.2) is 47.4 Å². The Hall–Kier alpha value is -1.96. The molecule has 1 N–H and O–H groups in total. The predicted octanol–water partition coefficient (Wildman–Crippen LogP) is 3.76. The summed E-state index contributed by atoms with van der Waals surface area (Å²) in [6.45, 7) is 5.89. The average molecular weight is 395 g/mol. The molecule has 2 aromatic carbocycles. The van der Waals surface area contributed by atoms with Gasteiger partial charge in [-0.15, -0.1) is 0 Å². The molecule has 7 heteroatoms. The van der Waals surface area contributed by atoms with E-state index in [0.717, 1.165) is 12.0 Å². The zero-order chi connectivity index (χ0) is 20.1. The van der Waals surface area contributed by atoms with E-state index in [4.69, 9.17) is 9.47 Å². The van der Waals surface area contributed by atoms with Crippen molar-refractivity contribution < 1.29 is 22.3 Å². The van der Waals surface area contributed by atoms with Gasteiger partial charge in [-0.3, -0.25) is 0 Å². The molecule has 1 atom stereocenters. The molecule has 0 amide bonds. The molecule has 5 nitrogen and oxygen atoms in total. The monoisotopic (exact) mass is 395 g/mol. The highest BCUT2D eigenvalue weighted by Gasteiger charge is 2.31. The van der Waals surface area contributed by atoms with Gasteiger partial charge in [0.05, 0.1) is 11.5 Å². The number of aryl methyl sites for hydroxylation is 1. The first-order chi connectivity index (χ1) is 12.7. The fourth-order valence-corrected chi connectivity index (χ4v) is 3.86. The van der Waals surface area contributed by atoms with E-state index in [1.807, 2.05) is 6.92 Å². The van der Waals surface area contributed by atoms with Crippen LogP contribution in [0.25, 0.3) is 0 Å². The third kappa shape index (κ3) is 5.06. The molecule has 0 heterocycles. The first-order valence-corrected chi connectivity index (χ1v) is 10.2. The van der Waals surface area contributed by atoms with E-state index in [1.165, 1.54) is 19.2 Å². The molecule has 0 saturated heterocycles. The number of ether oxygens (including phenoxy) is 2. The topological polar surface area (TPSA) is 64.6 Å². The molecule has 0 aromatic heterocycles. The lowest BCUT2D eigenvalue weighted by Crippen LogP contribution is -2.40. The minimum absolute atomic E-state index is 0.111. The highest BCUT2D eigenvalue weighted by molar-refractivity contribution is 7.89. The second kappa shape index (κ2) is 8.82. The van der Waals surface area contributed by atoms with Crippen molar-refractivity contribution in [3.8, 4) is 5.75 Å². The molecule has 1 unspecified atom stereocenters. The van der Waals surface area contributed by atoms with E-state index >= 15 is 0 Å². The number of halogens is 1. The molecule has 0 saturated carbocycles. The Morgan fingerprint density at radius 3 is 2.48 bits per heavy atom. The predicted molar refractivity (Wildman–Crippen MR) is 103 cm³/mol. The standard InChI is InChI=1S/C20H26FNO4S/c1-5-12-26-19-11-10-16(13-15(19)2)27(23,24)22-14-20(3,25-4)17-8-6-7-9-18(17)21/h6-11,13,22H,5,12,14H2,1-4H3. The number of sulfonamides is 1. The Balaban J connectivity index is 2.20. The van der Waals surface area contributed by atoms with Crippen LogP contribution < -0.4 is 9.46 Å². The minimum atomic E-state index is -3.79. The molecular weight excluding hydrogens is 369 g/mol. The normalized spacial score (nSPS) is 14.0. The fourth-order valence-electron chi connectivity index (χ4n) is 2.65. The number of hydrogen-bond acceptors (Lipinski definition) is 4. The fraction of sp³-hybridized carbons (Fsp3) is 0.400. The van der Waals surface area contributed by atoms with Crippen LogP contribution in [0, 0.1) is 12.7 Å². The summed E-state index contributed by atoms with van der Waals surface area (Å²) in [5, 5.41) is 0. The van der Waals surface area contributed by atoms with E-state index in [9.17, 15) is 12.8 Å². The van der Waals surface area contributed by atoms with Crippen molar-refractivity contribution in [1.82, 2.24) is 4.72 Å². The van der Waals surface area contributed by atoms with Gasteiger partial charge < -0.3 is 9.47 Å². The summed E-state index contributed by atoms with van der Waals surface area (Å²) in [4.78, 5) is 0.121. The lowest BCUT2D eigenvalue weighted by atomic mass is 9.95. The van der Waals surface area contributed by atoms with Gasteiger partial charge in [0.15, 0.2) is 0 Å². The quantitative estimate of drug-likeness (QED) is 0.702. The lowest BCUT2D eigenvalue weighted by molar-refractivity contribution is 0.00410. The summed E-state index contributed by atoms with van der Waals surface area (Å²) >= 11 is 0. The summed E-state index contributed by atoms with van der Waals surface area (Å²) in [5.74, 6) is 0.207. The summed E-state index contributed by atoms with van der Waals surface area (Å²) < 4.78 is 53.1. The molecule has 0 radical (unpaired) electrons. The summed E-state index contributed by atoms with van der Waals surface area (Å²) in [5.41, 5.74) is -0.123. The Kier molecular flexibility index (Phi) is 6.97. The molecule has 148 valence electrons. The Labute approximate surface area is 160 Å². The van der Waals surface area contributed by atoms with Crippen molar-refractivity contribution in [3.05, 3.63) is 59.4 Å². The van der Waals surface area contributed by atoms with Gasteiger partial charge in [-0.25, -0.2) is 17.5 Å². The molecule has 0 spiro atoms. The lowest BCUT2D eigenvalue weighted by Gasteiger charge is -2.29. The van der Waals surface area contributed by atoms with Crippen LogP contribution in [0.2, 0.25) is 0 Å². The van der Waals surface area contributed by atoms with Gasteiger partial charge in [-0.05, 0) is 50.1 Å². The largest absolute Gasteiger partial charge is 0.493 e. The molecule has 27 heavy (non-hydrogen) atoms. The summed E-state index contributed by atoms with van der Waals surface area (Å²) in [7, 11) is -2.37. The molecule has 2 rings (SSSR count). The SMILES string of the molecule is CCCOc1ccc(S(=O)(=O)NCC(C)(OC)c2ccccc2F)cc1C. The molecule has 2 aromatic rings. The van der Waals surface area contributed by atoms with Crippen LogP contribution in [0.5, 0.6) is 5.75 Å². The minimum Gasteiger partial charge on any atom is -0.493 e. The Morgan fingerprint density at radius 1 is 1.19 bits per heavy atom. The van der Waals surface area contributed by atoms with Crippen molar-refractivity contribution in [2.45, 2.75) is 37.7 Å². The van der Waals surface area contributed by atoms with Crippen LogP contribution in [-0.2, 0) is 20.4 Å². The molecule has 0 aliphatic carbocycles. The number of benzene rings is 2. The first-order valence-electron chi connectivity index (χ1n) is 8.77. The van der Waals surface area contributed by atoms with E-state index < -0.39 is 21.4 Å². The number of nitrogens with one attached hydrogen (secondary N) is 1. The van der Waals surface area contributed by atoms with Crippen LogP contribution >= 0.6 is 0 Å². The van der Waals surface area contributed by atoms with E-state index in [-0.39, 0.29) is 17.0 Å². The molecule has 0 aliphatic rings. The van der Waals surface area contributed by atoms with Gasteiger partial charge >= 0.3 is 0 Å². The van der Waals surface area contributed by atoms with Gasteiger partial charge in [0.25, 0.3) is 0 Å². The number of rotatable bonds is 9. The van der Waals surface area contributed by atoms with Crippen molar-refractivity contribution in [1.29, 1.82) is 0 Å². The summed E-state index contributed by atoms with van der Waals surface area (Å²) in [6, 6.07) is 10.9. The third-order valence-corrected chi connectivity index (χ3v) is 5.81. The maximum Gasteiger partial charge on any atom is 0.240 e. The average Bonchev–Trinajstić information content (AvgIpc) is 2.65. The van der Waals surface area contributed by atoms with Crippen molar-refractivity contribution in [2.75, 3.05) is 20.3 Å². The van der Waals surface area contributed by atoms with Gasteiger partial charge in [-0.1, -0.05) is 25.1 Å². The highest BCUT2D eigenvalue weighted by atomic mass is 32.2. The van der Waals surface area contributed by atoms with Gasteiger partial charge in [0.2, 0.25) is 10.0 Å². The van der Waals surface area contributed by atoms with E-state index in [2.05, 4.69) is 4.72 Å². The number of hydrogen-bond donors (Lipinski definition) is 1. The van der Waals surface area contributed by atoms with Crippen LogP contribution in [0.4, 0.5) is 4.39 Å². The van der Waals surface area contributed by atoms with Gasteiger partial charge in [0.1, 0.15) is 17.2 Å². The van der Waals surface area contributed by atoms with Crippen molar-refractivity contribution in [3.63, 3.8) is 0 Å². The van der Waals surface area contributed by atoms with Crippen molar-refractivity contribution >= 4 is 10.0 Å². The molecule has 0 fully saturated rings. The Bertz CT molecular complexity index is 885. The van der Waals surface area contributed by atoms with E-state index in [0.29, 0.717) is 12.4 Å². The van der Waals surface area contributed by atoms with Crippen LogP contribution in [-0.4, -0.2) is 28.7 Å². The van der Waals surface area contributed by atoms with Crippen LogP contribution in [0.3, 0.4) is 0 Å². The van der Waals surface area contributed by atoms with Gasteiger partial charge in [0, 0.05) is 19.2 Å². The summed E-state index contributed by atoms with van der Waals surface area (Å²) in [6.07, 6.45) is 0.868. The smallest absolute Gasteiger partial charge is 0.240 e. The maximum absolute atomic E-state index is 14.1. The van der Waals surface area contributed by atoms with Crippen molar-refractivity contribution in [2.24, 2.45) is 0 Å². The highest BCUT2D eigenvalue weighted by Crippen LogP contribution is 2.27. The maximum atomic E-state index is 14.1. The third-order valence-electron chi connectivity index (χ3n) is 4.41. The second-order valence-corrected chi connectivity index (χ2v) is 8.28. The Morgan fingerprint density at radius 2 is 1.89 bits per heavy atom. The zero-order valence-electron chi connectivity index (χ0n) is 16.1. The first kappa shape index (κ1) is 21.3. The second-order valence-electron chi connectivity index (χ2n) is 6.52.